The van der Waals surface area contributed by atoms with Gasteiger partial charge >= 0.3 is 6.03 Å². The topological polar surface area (TPSA) is 91.9 Å². The van der Waals surface area contributed by atoms with Gasteiger partial charge in [0.2, 0.25) is 5.91 Å². The van der Waals surface area contributed by atoms with Crippen molar-refractivity contribution in [2.24, 2.45) is 0 Å². The number of hydrogen-bond donors (Lipinski definition) is 3. The summed E-state index contributed by atoms with van der Waals surface area (Å²) in [6, 6.07) is -0.0643. The highest BCUT2D eigenvalue weighted by Gasteiger charge is 2.60. The van der Waals surface area contributed by atoms with Gasteiger partial charge in [0.25, 0.3) is 0 Å². The Morgan fingerprint density at radius 3 is 2.65 bits per heavy atom. The van der Waals surface area contributed by atoms with E-state index in [0.29, 0.717) is 38.0 Å². The maximum absolute atomic E-state index is 12.0. The summed E-state index contributed by atoms with van der Waals surface area (Å²) < 4.78 is 11.1. The van der Waals surface area contributed by atoms with Crippen molar-refractivity contribution in [2.75, 3.05) is 58.4 Å². The molecule has 31 heavy (non-hydrogen) atoms. The van der Waals surface area contributed by atoms with Crippen LogP contribution >= 0.6 is 11.8 Å². The number of likely N-dealkylation sites (tertiary alicyclic amines) is 1. The zero-order chi connectivity index (χ0) is 22.2. The van der Waals surface area contributed by atoms with Crippen LogP contribution in [0.1, 0.15) is 52.4 Å². The van der Waals surface area contributed by atoms with Gasteiger partial charge in [0.05, 0.1) is 37.5 Å². The second-order valence-corrected chi connectivity index (χ2v) is 10.5. The molecule has 3 atom stereocenters. The van der Waals surface area contributed by atoms with Crippen molar-refractivity contribution in [1.29, 1.82) is 0 Å². The highest BCUT2D eigenvalue weighted by atomic mass is 32.2. The maximum atomic E-state index is 12.0. The molecule has 3 heterocycles. The zero-order valence-electron chi connectivity index (χ0n) is 19.2. The molecule has 178 valence electrons. The van der Waals surface area contributed by atoms with Crippen LogP contribution in [0.25, 0.3) is 0 Å². The molecule has 3 aliphatic rings. The molecule has 0 aromatic heterocycles. The molecule has 3 N–H and O–H groups in total. The molecule has 3 rings (SSSR count). The largest absolute Gasteiger partial charge is 0.378 e. The van der Waals surface area contributed by atoms with Gasteiger partial charge in [-0.15, -0.1) is 0 Å². The van der Waals surface area contributed by atoms with E-state index in [1.165, 1.54) is 25.9 Å². The van der Waals surface area contributed by atoms with Gasteiger partial charge in [-0.3, -0.25) is 4.79 Å². The van der Waals surface area contributed by atoms with Gasteiger partial charge in [-0.2, -0.15) is 11.8 Å². The van der Waals surface area contributed by atoms with E-state index >= 15 is 0 Å². The number of ether oxygens (including phenoxy) is 2. The van der Waals surface area contributed by atoms with Crippen molar-refractivity contribution in [3.05, 3.63) is 0 Å². The highest BCUT2D eigenvalue weighted by Crippen LogP contribution is 2.47. The molecule has 8 nitrogen and oxygen atoms in total. The molecule has 0 radical (unpaired) electrons. The first kappa shape index (κ1) is 24.6. The Morgan fingerprint density at radius 1 is 1.13 bits per heavy atom. The molecule has 0 aromatic rings. The van der Waals surface area contributed by atoms with E-state index in [-0.39, 0.29) is 23.0 Å². The SMILES string of the molecule is C[C@@]12CS[C@H](CCCCC(=O)NCCOCCOCCN3CCCC3)[C@]1(C)NC(=O)N2. The standard InChI is InChI=1S/C22H40N4O4S/c1-21-17-31-18(22(21,2)25-20(28)24-21)7-3-4-8-19(27)23-9-13-29-15-16-30-14-12-26-10-5-6-11-26/h18H,3-17H2,1-2H3,(H,23,27)(H2,24,25,28)/t18-,21-,22+/m1/s1. The first-order valence-electron chi connectivity index (χ1n) is 11.8. The average Bonchev–Trinajstić information content (AvgIpc) is 3.37. The number of nitrogens with one attached hydrogen (secondary N) is 3. The molecule has 3 aliphatic heterocycles. The number of carbonyl (C=O) groups is 2. The number of rotatable bonds is 14. The number of nitrogens with zero attached hydrogens (tertiary/aromatic N) is 1. The normalized spacial score (nSPS) is 30.3. The van der Waals surface area contributed by atoms with E-state index in [1.807, 2.05) is 11.8 Å². The van der Waals surface area contributed by atoms with Gasteiger partial charge in [-0.1, -0.05) is 6.42 Å². The van der Waals surface area contributed by atoms with Crippen LogP contribution in [0, 0.1) is 0 Å². The predicted octanol–water partition coefficient (Wildman–Crippen LogP) is 1.74. The van der Waals surface area contributed by atoms with E-state index in [4.69, 9.17) is 9.47 Å². The molecule has 3 fully saturated rings. The Kier molecular flexibility index (Phi) is 9.31. The fourth-order valence-electron chi connectivity index (χ4n) is 4.70. The van der Waals surface area contributed by atoms with Crippen LogP contribution in [0.15, 0.2) is 0 Å². The second kappa shape index (κ2) is 11.7. The summed E-state index contributed by atoms with van der Waals surface area (Å²) in [5.41, 5.74) is -0.401. The Hall–Kier alpha value is -1.03. The monoisotopic (exact) mass is 456 g/mol. The first-order valence-corrected chi connectivity index (χ1v) is 12.8. The zero-order valence-corrected chi connectivity index (χ0v) is 20.0. The molecule has 9 heteroatoms. The Morgan fingerprint density at radius 2 is 1.87 bits per heavy atom. The lowest BCUT2D eigenvalue weighted by Crippen LogP contribution is -2.58. The third kappa shape index (κ3) is 6.73. The summed E-state index contributed by atoms with van der Waals surface area (Å²) in [4.78, 5) is 26.2. The molecule has 0 bridgehead atoms. The summed E-state index contributed by atoms with van der Waals surface area (Å²) in [6.07, 6.45) is 6.01. The van der Waals surface area contributed by atoms with Gasteiger partial charge in [0.15, 0.2) is 0 Å². The summed E-state index contributed by atoms with van der Waals surface area (Å²) in [5, 5.41) is 9.50. The maximum Gasteiger partial charge on any atom is 0.315 e. The van der Waals surface area contributed by atoms with Crippen molar-refractivity contribution in [2.45, 2.75) is 68.7 Å². The van der Waals surface area contributed by atoms with E-state index < -0.39 is 0 Å². The van der Waals surface area contributed by atoms with Crippen LogP contribution in [-0.2, 0) is 14.3 Å². The van der Waals surface area contributed by atoms with Crippen molar-refractivity contribution in [1.82, 2.24) is 20.9 Å². The third-order valence-electron chi connectivity index (χ3n) is 6.94. The van der Waals surface area contributed by atoms with E-state index in [1.54, 1.807) is 0 Å². The summed E-state index contributed by atoms with van der Waals surface area (Å²) in [6.45, 7) is 10.7. The molecule has 3 amide bonds. The van der Waals surface area contributed by atoms with Crippen molar-refractivity contribution < 1.29 is 19.1 Å². The number of carbonyl (C=O) groups excluding carboxylic acids is 2. The van der Waals surface area contributed by atoms with Crippen molar-refractivity contribution in [3.8, 4) is 0 Å². The minimum Gasteiger partial charge on any atom is -0.378 e. The molecule has 0 saturated carbocycles. The quantitative estimate of drug-likeness (QED) is 0.272. The Bertz CT molecular complexity index is 604. The minimum atomic E-state index is -0.216. The second-order valence-electron chi connectivity index (χ2n) is 9.28. The van der Waals surface area contributed by atoms with Gasteiger partial charge in [-0.25, -0.2) is 4.79 Å². The van der Waals surface area contributed by atoms with Crippen LogP contribution in [-0.4, -0.2) is 91.5 Å². The van der Waals surface area contributed by atoms with E-state index in [9.17, 15) is 9.59 Å². The van der Waals surface area contributed by atoms with Gasteiger partial charge in [0, 0.05) is 30.5 Å². The van der Waals surface area contributed by atoms with Gasteiger partial charge in [0.1, 0.15) is 0 Å². The Balaban J connectivity index is 1.13. The average molecular weight is 457 g/mol. The smallest absolute Gasteiger partial charge is 0.315 e. The number of urea groups is 1. The molecule has 0 spiro atoms. The minimum absolute atomic E-state index is 0.0643. The molecule has 0 aliphatic carbocycles. The van der Waals surface area contributed by atoms with Crippen LogP contribution in [0.2, 0.25) is 0 Å². The number of unbranched alkanes of at least 4 members (excludes halogenated alkanes) is 1. The van der Waals surface area contributed by atoms with Crippen LogP contribution < -0.4 is 16.0 Å². The first-order chi connectivity index (χ1) is 14.9. The number of amides is 3. The van der Waals surface area contributed by atoms with Crippen LogP contribution in [0.5, 0.6) is 0 Å². The predicted molar refractivity (Wildman–Crippen MR) is 124 cm³/mol. The number of hydrogen-bond acceptors (Lipinski definition) is 6. The molecular weight excluding hydrogens is 416 g/mol. The summed E-state index contributed by atoms with van der Waals surface area (Å²) in [5.74, 6) is 1.01. The highest BCUT2D eigenvalue weighted by molar-refractivity contribution is 8.00. The molecule has 0 aromatic carbocycles. The molecule has 3 saturated heterocycles. The van der Waals surface area contributed by atoms with Gasteiger partial charge < -0.3 is 30.3 Å². The van der Waals surface area contributed by atoms with Crippen molar-refractivity contribution in [3.63, 3.8) is 0 Å². The fourth-order valence-corrected chi connectivity index (χ4v) is 6.59. The Labute approximate surface area is 190 Å². The lowest BCUT2D eigenvalue weighted by Gasteiger charge is -2.35. The van der Waals surface area contributed by atoms with E-state index in [0.717, 1.165) is 38.2 Å². The van der Waals surface area contributed by atoms with Gasteiger partial charge in [-0.05, 0) is 52.6 Å². The fraction of sp³-hybridized carbons (Fsp3) is 0.909. The lowest BCUT2D eigenvalue weighted by molar-refractivity contribution is -0.121. The summed E-state index contributed by atoms with van der Waals surface area (Å²) in [7, 11) is 0. The van der Waals surface area contributed by atoms with Crippen LogP contribution in [0.4, 0.5) is 4.79 Å². The molecular formula is C22H40N4O4S. The number of fused-ring (bicyclic) bond motifs is 1. The lowest BCUT2D eigenvalue weighted by atomic mass is 9.79. The van der Waals surface area contributed by atoms with Crippen LogP contribution in [0.3, 0.4) is 0 Å². The summed E-state index contributed by atoms with van der Waals surface area (Å²) >= 11 is 1.92. The van der Waals surface area contributed by atoms with Crippen molar-refractivity contribution >= 4 is 23.7 Å². The number of thioether (sulfide) groups is 1. The molecule has 0 unspecified atom stereocenters. The van der Waals surface area contributed by atoms with E-state index in [2.05, 4.69) is 34.7 Å². The third-order valence-corrected chi connectivity index (χ3v) is 8.79.